The highest BCUT2D eigenvalue weighted by molar-refractivity contribution is 5.94. The average Bonchev–Trinajstić information content (AvgIpc) is 2.44. The van der Waals surface area contributed by atoms with Crippen LogP contribution in [0, 0.1) is 11.6 Å². The first-order valence-corrected chi connectivity index (χ1v) is 6.10. The van der Waals surface area contributed by atoms with Crippen molar-refractivity contribution in [2.75, 3.05) is 0 Å². The molecule has 2 aromatic rings. The molecule has 0 heterocycles. The van der Waals surface area contributed by atoms with Gasteiger partial charge in [0.1, 0.15) is 11.6 Å². The average molecular weight is 314 g/mol. The molecule has 0 unspecified atom stereocenters. The van der Waals surface area contributed by atoms with Gasteiger partial charge in [-0.3, -0.25) is 4.79 Å². The van der Waals surface area contributed by atoms with E-state index in [1.54, 1.807) is 0 Å². The van der Waals surface area contributed by atoms with Crippen LogP contribution in [0.2, 0.25) is 0 Å². The van der Waals surface area contributed by atoms with Crippen LogP contribution in [0.25, 0.3) is 0 Å². The Morgan fingerprint density at radius 1 is 1.00 bits per heavy atom. The Kier molecular flexibility index (Phi) is 4.44. The first-order valence-electron chi connectivity index (χ1n) is 6.10. The smallest absolute Gasteiger partial charge is 0.267 e. The number of nitrogens with zero attached hydrogens (tertiary/aromatic N) is 1. The largest absolute Gasteiger partial charge is 0.416 e. The molecule has 7 heteroatoms. The molecule has 0 fully saturated rings. The van der Waals surface area contributed by atoms with E-state index in [0.717, 1.165) is 24.3 Å². The van der Waals surface area contributed by atoms with Gasteiger partial charge in [-0.25, -0.2) is 14.1 Å². The SMILES string of the molecule is O=C([N]Cc1ccc(C(F)(F)F)cc1)c1ccc(F)cc1F. The second kappa shape index (κ2) is 6.13. The van der Waals surface area contributed by atoms with Gasteiger partial charge in [-0.15, -0.1) is 0 Å². The summed E-state index contributed by atoms with van der Waals surface area (Å²) in [6.45, 7) is -0.201. The maximum absolute atomic E-state index is 13.4. The summed E-state index contributed by atoms with van der Waals surface area (Å²) >= 11 is 0. The van der Waals surface area contributed by atoms with Gasteiger partial charge in [0.25, 0.3) is 5.91 Å². The van der Waals surface area contributed by atoms with Crippen molar-refractivity contribution in [1.29, 1.82) is 0 Å². The van der Waals surface area contributed by atoms with Crippen LogP contribution < -0.4 is 5.32 Å². The van der Waals surface area contributed by atoms with E-state index in [4.69, 9.17) is 0 Å². The van der Waals surface area contributed by atoms with Gasteiger partial charge in [0, 0.05) is 6.07 Å². The number of halogens is 5. The molecule has 2 rings (SSSR count). The molecular weight excluding hydrogens is 305 g/mol. The molecule has 0 aliphatic carbocycles. The van der Waals surface area contributed by atoms with Crippen LogP contribution in [0.4, 0.5) is 22.0 Å². The second-order valence-electron chi connectivity index (χ2n) is 4.44. The molecule has 1 radical (unpaired) electrons. The Balaban J connectivity index is 2.02. The van der Waals surface area contributed by atoms with E-state index in [0.29, 0.717) is 11.6 Å². The predicted molar refractivity (Wildman–Crippen MR) is 68.0 cm³/mol. The molecule has 0 aromatic heterocycles. The topological polar surface area (TPSA) is 31.2 Å². The zero-order chi connectivity index (χ0) is 16.3. The summed E-state index contributed by atoms with van der Waals surface area (Å²) < 4.78 is 63.2. The van der Waals surface area contributed by atoms with Crippen molar-refractivity contribution in [2.45, 2.75) is 12.7 Å². The molecule has 115 valence electrons. The molecule has 0 saturated carbocycles. The van der Waals surface area contributed by atoms with Crippen molar-refractivity contribution in [3.05, 3.63) is 70.8 Å². The van der Waals surface area contributed by atoms with Gasteiger partial charge in [0.15, 0.2) is 0 Å². The number of carbonyl (C=O) groups is 1. The van der Waals surface area contributed by atoms with E-state index in [2.05, 4.69) is 5.32 Å². The lowest BCUT2D eigenvalue weighted by Crippen LogP contribution is -2.17. The van der Waals surface area contributed by atoms with Crippen LogP contribution in [0.5, 0.6) is 0 Å². The maximum Gasteiger partial charge on any atom is 0.416 e. The Morgan fingerprint density at radius 2 is 1.64 bits per heavy atom. The molecular formula is C15H9F5NO. The monoisotopic (exact) mass is 314 g/mol. The molecule has 0 aliphatic rings. The third-order valence-corrected chi connectivity index (χ3v) is 2.85. The summed E-state index contributed by atoms with van der Waals surface area (Å²) in [5.41, 5.74) is -0.843. The van der Waals surface area contributed by atoms with Crippen molar-refractivity contribution < 1.29 is 26.7 Å². The van der Waals surface area contributed by atoms with E-state index in [1.807, 2.05) is 0 Å². The van der Waals surface area contributed by atoms with E-state index < -0.39 is 34.8 Å². The van der Waals surface area contributed by atoms with Gasteiger partial charge >= 0.3 is 6.18 Å². The zero-order valence-electron chi connectivity index (χ0n) is 11.0. The standard InChI is InChI=1S/C15H9F5NO/c16-11-5-6-12(13(17)7-11)14(22)21-8-9-1-3-10(4-2-9)15(18,19)20/h1-7H,8H2. The molecule has 1 amide bonds. The van der Waals surface area contributed by atoms with Crippen LogP contribution in [0.15, 0.2) is 42.5 Å². The zero-order valence-corrected chi connectivity index (χ0v) is 11.0. The van der Waals surface area contributed by atoms with Gasteiger partial charge in [0.2, 0.25) is 0 Å². The number of alkyl halides is 3. The molecule has 0 spiro atoms. The first kappa shape index (κ1) is 15.9. The molecule has 0 aliphatic heterocycles. The lowest BCUT2D eigenvalue weighted by Gasteiger charge is -2.08. The summed E-state index contributed by atoms with van der Waals surface area (Å²) in [6, 6.07) is 6.54. The minimum absolute atomic E-state index is 0.201. The normalized spacial score (nSPS) is 11.3. The Labute approximate surface area is 122 Å². The highest BCUT2D eigenvalue weighted by Crippen LogP contribution is 2.29. The summed E-state index contributed by atoms with van der Waals surface area (Å²) in [7, 11) is 0. The number of rotatable bonds is 3. The fourth-order valence-corrected chi connectivity index (χ4v) is 1.71. The lowest BCUT2D eigenvalue weighted by atomic mass is 10.1. The van der Waals surface area contributed by atoms with Crippen LogP contribution in [-0.4, -0.2) is 5.91 Å². The Hall–Kier alpha value is -2.44. The molecule has 0 saturated heterocycles. The Morgan fingerprint density at radius 3 is 2.18 bits per heavy atom. The third-order valence-electron chi connectivity index (χ3n) is 2.85. The maximum atomic E-state index is 13.4. The molecule has 0 atom stereocenters. The number of amides is 1. The molecule has 0 N–H and O–H groups in total. The van der Waals surface area contributed by atoms with Crippen LogP contribution in [0.1, 0.15) is 21.5 Å². The van der Waals surface area contributed by atoms with Gasteiger partial charge in [-0.2, -0.15) is 13.2 Å². The quantitative estimate of drug-likeness (QED) is 0.790. The fraction of sp³-hybridized carbons (Fsp3) is 0.133. The number of benzene rings is 2. The summed E-state index contributed by atoms with van der Waals surface area (Å²) in [4.78, 5) is 11.7. The van der Waals surface area contributed by atoms with Gasteiger partial charge < -0.3 is 0 Å². The van der Waals surface area contributed by atoms with E-state index in [-0.39, 0.29) is 6.54 Å². The molecule has 2 nitrogen and oxygen atoms in total. The summed E-state index contributed by atoms with van der Waals surface area (Å²) in [5, 5.41) is 3.56. The molecule has 2 aromatic carbocycles. The van der Waals surface area contributed by atoms with Crippen LogP contribution in [-0.2, 0) is 12.7 Å². The molecule has 22 heavy (non-hydrogen) atoms. The van der Waals surface area contributed by atoms with Crippen LogP contribution >= 0.6 is 0 Å². The van der Waals surface area contributed by atoms with Crippen molar-refractivity contribution >= 4 is 5.91 Å². The molecule has 0 bridgehead atoms. The highest BCUT2D eigenvalue weighted by Gasteiger charge is 2.29. The Bertz CT molecular complexity index is 679. The fourth-order valence-electron chi connectivity index (χ4n) is 1.71. The van der Waals surface area contributed by atoms with E-state index >= 15 is 0 Å². The van der Waals surface area contributed by atoms with Gasteiger partial charge in [0.05, 0.1) is 17.7 Å². The number of carbonyl (C=O) groups excluding carboxylic acids is 1. The predicted octanol–water partition coefficient (Wildman–Crippen LogP) is 3.93. The first-order chi connectivity index (χ1) is 10.3. The van der Waals surface area contributed by atoms with Crippen molar-refractivity contribution in [1.82, 2.24) is 5.32 Å². The van der Waals surface area contributed by atoms with Gasteiger partial charge in [-0.05, 0) is 29.8 Å². The van der Waals surface area contributed by atoms with Crippen molar-refractivity contribution in [3.63, 3.8) is 0 Å². The highest BCUT2D eigenvalue weighted by atomic mass is 19.4. The van der Waals surface area contributed by atoms with Crippen LogP contribution in [0.3, 0.4) is 0 Å². The second-order valence-corrected chi connectivity index (χ2v) is 4.44. The van der Waals surface area contributed by atoms with Crippen molar-refractivity contribution in [2.24, 2.45) is 0 Å². The van der Waals surface area contributed by atoms with E-state index in [1.165, 1.54) is 12.1 Å². The third kappa shape index (κ3) is 3.81. The number of hydrogen-bond donors (Lipinski definition) is 0. The minimum atomic E-state index is -4.44. The minimum Gasteiger partial charge on any atom is -0.267 e. The summed E-state index contributed by atoms with van der Waals surface area (Å²) in [6.07, 6.45) is -4.44. The summed E-state index contributed by atoms with van der Waals surface area (Å²) in [5.74, 6) is -2.77. The van der Waals surface area contributed by atoms with E-state index in [9.17, 15) is 26.7 Å². The number of hydrogen-bond acceptors (Lipinski definition) is 1. The van der Waals surface area contributed by atoms with Gasteiger partial charge in [-0.1, -0.05) is 12.1 Å². The lowest BCUT2D eigenvalue weighted by molar-refractivity contribution is -0.137. The van der Waals surface area contributed by atoms with Crippen molar-refractivity contribution in [3.8, 4) is 0 Å².